The second kappa shape index (κ2) is 14.0. The zero-order chi connectivity index (χ0) is 30.6. The van der Waals surface area contributed by atoms with E-state index in [2.05, 4.69) is 27.1 Å². The molecule has 11 nitrogen and oxygen atoms in total. The van der Waals surface area contributed by atoms with Gasteiger partial charge in [0.1, 0.15) is 24.1 Å². The second-order valence-electron chi connectivity index (χ2n) is 11.2. The van der Waals surface area contributed by atoms with Crippen molar-refractivity contribution >= 4 is 20.3 Å². The fourth-order valence-electron chi connectivity index (χ4n) is 6.11. The predicted octanol–water partition coefficient (Wildman–Crippen LogP) is 4.99. The van der Waals surface area contributed by atoms with Crippen molar-refractivity contribution in [1.82, 2.24) is 14.2 Å². The summed E-state index contributed by atoms with van der Waals surface area (Å²) in [5.74, 6) is -0.145. The molecule has 1 amide bonds. The molecule has 12 heteroatoms. The van der Waals surface area contributed by atoms with Crippen LogP contribution in [-0.2, 0) is 23.3 Å². The number of benzene rings is 2. The normalized spacial score (nSPS) is 28.3. The SMILES string of the molecule is CC[C@H]1O[C@@H](n2cc(C)c(NC(=O)c3ccccc3)nc2=O)C(OCCOC)[C@H]1OP1O[C@@H](c2ccccc2)[C@H]2CCCN21. The Balaban J connectivity index is 1.25. The molecular formula is C32H39N4O7P. The number of anilines is 1. The average molecular weight is 623 g/mol. The van der Waals surface area contributed by atoms with Crippen molar-refractivity contribution in [2.45, 2.75) is 69.8 Å². The van der Waals surface area contributed by atoms with Crippen molar-refractivity contribution in [2.75, 3.05) is 32.2 Å². The number of hydrogen-bond acceptors (Lipinski definition) is 9. The quantitative estimate of drug-likeness (QED) is 0.233. The number of methoxy groups -OCH3 is 1. The first-order chi connectivity index (χ1) is 21.5. The van der Waals surface area contributed by atoms with Crippen molar-refractivity contribution in [3.8, 4) is 0 Å². The van der Waals surface area contributed by atoms with E-state index in [-0.39, 0.29) is 30.0 Å². The molecule has 0 aliphatic carbocycles. The molecule has 1 aromatic heterocycles. The summed E-state index contributed by atoms with van der Waals surface area (Å²) < 4.78 is 35.3. The van der Waals surface area contributed by atoms with Gasteiger partial charge in [-0.15, -0.1) is 0 Å². The van der Waals surface area contributed by atoms with Crippen molar-refractivity contribution in [2.24, 2.45) is 0 Å². The number of rotatable bonds is 11. The van der Waals surface area contributed by atoms with E-state index >= 15 is 0 Å². The van der Waals surface area contributed by atoms with Crippen LogP contribution in [0.5, 0.6) is 0 Å². The molecule has 234 valence electrons. The number of amides is 1. The molecule has 0 bridgehead atoms. The molecule has 44 heavy (non-hydrogen) atoms. The predicted molar refractivity (Wildman–Crippen MR) is 165 cm³/mol. The Morgan fingerprint density at radius 1 is 1.09 bits per heavy atom. The third-order valence-corrected chi connectivity index (χ3v) is 10.1. The largest absolute Gasteiger partial charge is 0.382 e. The summed E-state index contributed by atoms with van der Waals surface area (Å²) in [6, 6.07) is 19.3. The van der Waals surface area contributed by atoms with Gasteiger partial charge in [0.15, 0.2) is 6.23 Å². The van der Waals surface area contributed by atoms with Crippen LogP contribution in [-0.4, -0.2) is 71.4 Å². The van der Waals surface area contributed by atoms with E-state index in [1.54, 1.807) is 44.5 Å². The molecule has 3 fully saturated rings. The van der Waals surface area contributed by atoms with Gasteiger partial charge in [-0.3, -0.25) is 9.36 Å². The molecule has 3 aromatic rings. The van der Waals surface area contributed by atoms with Gasteiger partial charge in [0.25, 0.3) is 14.4 Å². The third kappa shape index (κ3) is 6.37. The highest BCUT2D eigenvalue weighted by Gasteiger charge is 2.53. The Hall–Kier alpha value is -3.02. The van der Waals surface area contributed by atoms with E-state index in [9.17, 15) is 9.59 Å². The zero-order valence-corrected chi connectivity index (χ0v) is 26.1. The van der Waals surface area contributed by atoms with Crippen molar-refractivity contribution < 1.29 is 28.1 Å². The molecule has 2 unspecified atom stereocenters. The number of nitrogens with zero attached hydrogens (tertiary/aromatic N) is 3. The minimum Gasteiger partial charge on any atom is -0.382 e. The van der Waals surface area contributed by atoms with Crippen molar-refractivity contribution in [3.63, 3.8) is 0 Å². The highest BCUT2D eigenvalue weighted by Crippen LogP contribution is 2.61. The van der Waals surface area contributed by atoms with Gasteiger partial charge in [0.2, 0.25) is 0 Å². The van der Waals surface area contributed by atoms with Gasteiger partial charge < -0.3 is 28.6 Å². The Kier molecular flexibility index (Phi) is 9.83. The van der Waals surface area contributed by atoms with E-state index in [1.807, 2.05) is 31.2 Å². The molecule has 0 saturated carbocycles. The van der Waals surface area contributed by atoms with Gasteiger partial charge >= 0.3 is 5.69 Å². The van der Waals surface area contributed by atoms with Crippen LogP contribution in [0.1, 0.15) is 60.0 Å². The molecule has 3 aliphatic rings. The van der Waals surface area contributed by atoms with Crippen LogP contribution in [0.4, 0.5) is 5.82 Å². The van der Waals surface area contributed by atoms with Crippen LogP contribution in [0, 0.1) is 6.92 Å². The summed E-state index contributed by atoms with van der Waals surface area (Å²) in [6.07, 6.45) is 2.11. The molecule has 3 saturated heterocycles. The molecule has 0 radical (unpaired) electrons. The minimum atomic E-state index is -1.38. The number of fused-ring (bicyclic) bond motifs is 1. The summed E-state index contributed by atoms with van der Waals surface area (Å²) in [6.45, 7) is 5.39. The standard InChI is InChI=1S/C32H39N4O7P/c1-4-25-27(43-44-36-17-11-16-24(36)26(42-44)22-12-7-5-8-13-22)28(40-19-18-39-3)31(41-25)35-20-21(2)29(34-32(35)38)33-30(37)23-14-9-6-10-15-23/h5-10,12-15,20,24-28,31H,4,11,16-19H2,1-3H3,(H,33,34,37,38)/t24-,25-,26+,27+,28?,31-,44?/m1/s1. The number of aryl methyl sites for hydroxylation is 1. The summed E-state index contributed by atoms with van der Waals surface area (Å²) in [5.41, 5.74) is 1.66. The molecular weight excluding hydrogens is 583 g/mol. The average Bonchev–Trinajstić information content (AvgIpc) is 3.75. The number of carbonyl (C=O) groups excluding carboxylic acids is 1. The lowest BCUT2D eigenvalue weighted by Gasteiger charge is -2.29. The van der Waals surface area contributed by atoms with Crippen LogP contribution in [0.15, 0.2) is 71.7 Å². The summed E-state index contributed by atoms with van der Waals surface area (Å²) >= 11 is 0. The maximum absolute atomic E-state index is 13.4. The summed E-state index contributed by atoms with van der Waals surface area (Å²) in [4.78, 5) is 30.4. The smallest absolute Gasteiger partial charge is 0.351 e. The van der Waals surface area contributed by atoms with E-state index < -0.39 is 32.7 Å². The van der Waals surface area contributed by atoms with Crippen molar-refractivity contribution in [3.05, 3.63) is 94.0 Å². The molecule has 7 atom stereocenters. The number of ether oxygens (including phenoxy) is 3. The lowest BCUT2D eigenvalue weighted by molar-refractivity contribution is -0.0782. The number of hydrogen-bond donors (Lipinski definition) is 1. The lowest BCUT2D eigenvalue weighted by Crippen LogP contribution is -2.40. The van der Waals surface area contributed by atoms with Crippen LogP contribution >= 0.6 is 8.53 Å². The molecule has 6 rings (SSSR count). The molecule has 0 spiro atoms. The maximum atomic E-state index is 13.4. The molecule has 4 heterocycles. The van der Waals surface area contributed by atoms with E-state index in [4.69, 9.17) is 23.3 Å². The maximum Gasteiger partial charge on any atom is 0.351 e. The highest BCUT2D eigenvalue weighted by molar-refractivity contribution is 7.45. The Morgan fingerprint density at radius 2 is 1.84 bits per heavy atom. The Bertz CT molecular complexity index is 1480. The number of nitrogens with one attached hydrogen (secondary N) is 1. The van der Waals surface area contributed by atoms with Gasteiger partial charge in [0, 0.05) is 37.0 Å². The monoisotopic (exact) mass is 622 g/mol. The van der Waals surface area contributed by atoms with Gasteiger partial charge in [0.05, 0.1) is 19.3 Å². The fourth-order valence-corrected chi connectivity index (χ4v) is 8.10. The van der Waals surface area contributed by atoms with Gasteiger partial charge in [-0.25, -0.2) is 9.46 Å². The summed E-state index contributed by atoms with van der Waals surface area (Å²) in [7, 11) is 0.228. The van der Waals surface area contributed by atoms with Crippen LogP contribution in [0.2, 0.25) is 0 Å². The second-order valence-corrected chi connectivity index (χ2v) is 12.6. The van der Waals surface area contributed by atoms with Crippen LogP contribution in [0.25, 0.3) is 0 Å². The first kappa shape index (κ1) is 31.0. The topological polar surface area (TPSA) is 113 Å². The summed E-state index contributed by atoms with van der Waals surface area (Å²) in [5, 5.41) is 2.76. The number of aromatic nitrogens is 2. The van der Waals surface area contributed by atoms with E-state index in [1.165, 1.54) is 4.57 Å². The molecule has 1 N–H and O–H groups in total. The lowest BCUT2D eigenvalue weighted by atomic mass is 10.0. The van der Waals surface area contributed by atoms with Crippen LogP contribution in [0.3, 0.4) is 0 Å². The molecule has 2 aromatic carbocycles. The molecule has 3 aliphatic heterocycles. The van der Waals surface area contributed by atoms with E-state index in [0.717, 1.165) is 24.9 Å². The Morgan fingerprint density at radius 3 is 2.57 bits per heavy atom. The van der Waals surface area contributed by atoms with E-state index in [0.29, 0.717) is 30.8 Å². The minimum absolute atomic E-state index is 0.0658. The third-order valence-electron chi connectivity index (χ3n) is 8.34. The van der Waals surface area contributed by atoms with Gasteiger partial charge in [-0.2, -0.15) is 4.98 Å². The zero-order valence-electron chi connectivity index (χ0n) is 25.2. The first-order valence-electron chi connectivity index (χ1n) is 15.2. The van der Waals surface area contributed by atoms with Crippen LogP contribution < -0.4 is 11.0 Å². The fraction of sp³-hybridized carbons (Fsp3) is 0.469. The number of carbonyl (C=O) groups is 1. The Labute approximate surface area is 258 Å². The highest BCUT2D eigenvalue weighted by atomic mass is 31.2. The van der Waals surface area contributed by atoms with Gasteiger partial charge in [-0.1, -0.05) is 55.5 Å². The van der Waals surface area contributed by atoms with Gasteiger partial charge in [-0.05, 0) is 43.9 Å². The van der Waals surface area contributed by atoms with Crippen molar-refractivity contribution in [1.29, 1.82) is 0 Å². The first-order valence-corrected chi connectivity index (χ1v) is 16.3.